The Kier molecular flexibility index (Phi) is 25.3. The van der Waals surface area contributed by atoms with Crippen LogP contribution in [0.3, 0.4) is 0 Å². The van der Waals surface area contributed by atoms with Crippen LogP contribution in [0.5, 0.6) is 51.7 Å². The van der Waals surface area contributed by atoms with E-state index in [1.165, 1.54) is 62.5 Å². The number of aromatic hydroxyl groups is 3. The quantitative estimate of drug-likeness (QED) is 0.0583. The van der Waals surface area contributed by atoms with E-state index in [1.54, 1.807) is 0 Å². The Balaban J connectivity index is 0.975. The van der Waals surface area contributed by atoms with E-state index in [1.807, 2.05) is 13.8 Å². The molecule has 6 aromatic carbocycles. The Morgan fingerprint density at radius 1 is 0.632 bits per heavy atom. The molecule has 14 atom stereocenters. The molecule has 10 aliphatic rings. The van der Waals surface area contributed by atoms with E-state index in [9.17, 15) is 60.0 Å². The summed E-state index contributed by atoms with van der Waals surface area (Å²) in [5.41, 5.74) is 3.87. The SMILES string of the molecule is CN[C@H](CC(C)C)C(=O)NC1C(=O)NC(CC(=O)NC(=O)Nc2ccc(OCCNC(C)=O)cc2)C(=O)NC2C(=O)N[C@H]3C(=O)N[C@H](C(=O)N[C@@H](C(=O)NC4C5CC6CC(C5)CC4C6)c4cc(O)cc(O)c4-c4cc3ccc4O)[C@H](O)c3ccc(c(Cl)c3)Oc3cc2cc(c3O[C@H]2O[C@H](CN)[C@@H](O)[C@H](O)[C@H]2O)Oc2ccc(cc2Cl)[C@H]1O. The number of amides is 11. The number of urea groups is 1. The molecular weight excluding hydrogens is 1570 g/mol. The standard InChI is InChI=1S/C80H90Cl2N12O23/c1-32(2)17-49(84-4)72(105)93-64-66(100)37-6-13-53(47(81)24-37)114-55-26-41-27-56(71(55)117-79-70(104)69(103)68(102)57(31-83)116-79)115-54-14-7-38(25-48(54)82)67(101)65-78(111)92-63(76(109)89-60-39-19-34-18-35(21-39)22-40(60)20-34)46-28-43(96)29-52(98)59(46)45-23-36(5-12-51(45)97)61(74(107)94-65)91-75(108)62(41)90-73(106)50(87-77(64)110)30-58(99)88-80(112)86-42-8-10-44(11-9-42)113-16-15-85-33(3)95/h5-14,23-29,32,34-35,39-40,49-50,57,60-70,79,84,96-98,100-104H,15-22,30-31,83H2,1-4H3,(H,85,95)(H,87,110)(H,89,109)(H,90,106)(H,91,108)(H,92,111)(H,93,105)(H,94,107)(H2,86,88,99,112)/t34?,35?,39?,40?,49-,50?,57-,60?,61-,62?,63-,64?,65+,66-,67-,68-,69+,70-,79-/m1/s1. The number of aliphatic hydroxyl groups excluding tert-OH is 5. The first-order valence-corrected chi connectivity index (χ1v) is 38.9. The number of anilines is 1. The van der Waals surface area contributed by atoms with Crippen molar-refractivity contribution in [3.8, 4) is 62.9 Å². The summed E-state index contributed by atoms with van der Waals surface area (Å²) >= 11 is 14.3. The van der Waals surface area contributed by atoms with Crippen molar-refractivity contribution in [1.29, 1.82) is 0 Å². The van der Waals surface area contributed by atoms with Gasteiger partial charge in [-0.3, -0.25) is 48.5 Å². The average Bonchev–Trinajstić information content (AvgIpc) is 0.756. The summed E-state index contributed by atoms with van der Waals surface area (Å²) < 4.78 is 31.3. The number of nitrogens with one attached hydrogen (secondary N) is 11. The van der Waals surface area contributed by atoms with Crippen LogP contribution in [-0.2, 0) is 47.9 Å². The van der Waals surface area contributed by atoms with Crippen LogP contribution in [0.15, 0.2) is 103 Å². The van der Waals surface area contributed by atoms with Gasteiger partial charge in [-0.15, -0.1) is 0 Å². The fraction of sp³-hybridized carbons (Fsp3) is 0.425. The van der Waals surface area contributed by atoms with Gasteiger partial charge in [0.1, 0.15) is 114 Å². The summed E-state index contributed by atoms with van der Waals surface area (Å²) in [4.78, 5) is 149. The summed E-state index contributed by atoms with van der Waals surface area (Å²) in [6.07, 6.45) is -10.4. The van der Waals surface area contributed by atoms with E-state index < -0.39 is 197 Å². The van der Waals surface area contributed by atoms with Gasteiger partial charge in [-0.1, -0.05) is 55.2 Å². The number of rotatable bonds is 17. The summed E-state index contributed by atoms with van der Waals surface area (Å²) in [7, 11) is 1.47. The van der Waals surface area contributed by atoms with Crippen molar-refractivity contribution in [2.45, 2.75) is 157 Å². The number of aliphatic hydroxyl groups is 5. The second-order valence-electron chi connectivity index (χ2n) is 30.8. The van der Waals surface area contributed by atoms with Gasteiger partial charge >= 0.3 is 6.03 Å². The van der Waals surface area contributed by atoms with Crippen LogP contribution in [-0.4, -0.2) is 188 Å². The van der Waals surface area contributed by atoms with Gasteiger partial charge in [0.15, 0.2) is 11.5 Å². The number of imide groups is 1. The summed E-state index contributed by atoms with van der Waals surface area (Å²) in [5.74, 6) is -13.6. The molecule has 15 bridgehead atoms. The third kappa shape index (κ3) is 18.5. The fourth-order valence-corrected chi connectivity index (χ4v) is 17.0. The Bertz CT molecular complexity index is 4840. The topological polar surface area (TPSA) is 537 Å². The molecule has 622 valence electrons. The summed E-state index contributed by atoms with van der Waals surface area (Å²) in [5, 5.41) is 122. The molecule has 3 unspecified atom stereocenters. The lowest BCUT2D eigenvalue weighted by Gasteiger charge is -2.54. The molecule has 35 nitrogen and oxygen atoms in total. The maximum atomic E-state index is 16.4. The van der Waals surface area contributed by atoms with E-state index in [-0.39, 0.29) is 105 Å². The van der Waals surface area contributed by atoms with Crippen LogP contribution < -0.4 is 83.2 Å². The zero-order chi connectivity index (χ0) is 83.7. The second kappa shape index (κ2) is 35.4. The third-order valence-corrected chi connectivity index (χ3v) is 22.7. The van der Waals surface area contributed by atoms with Crippen LogP contribution in [0.4, 0.5) is 10.5 Å². The minimum Gasteiger partial charge on any atom is -0.508 e. The predicted molar refractivity (Wildman–Crippen MR) is 415 cm³/mol. The minimum absolute atomic E-state index is 0.0636. The molecule has 1 saturated heterocycles. The zero-order valence-electron chi connectivity index (χ0n) is 63.5. The van der Waals surface area contributed by atoms with Crippen molar-refractivity contribution in [1.82, 2.24) is 53.2 Å². The lowest BCUT2D eigenvalue weighted by Crippen LogP contribution is -2.60. The molecule has 0 aromatic heterocycles. The largest absolute Gasteiger partial charge is 0.508 e. The number of carbonyl (C=O) groups is 10. The van der Waals surface area contributed by atoms with Crippen LogP contribution in [0.1, 0.15) is 124 Å². The minimum atomic E-state index is -2.39. The molecule has 6 heterocycles. The molecule has 21 N–H and O–H groups in total. The van der Waals surface area contributed by atoms with Gasteiger partial charge in [-0.05, 0) is 182 Å². The van der Waals surface area contributed by atoms with Crippen molar-refractivity contribution in [2.75, 3.05) is 32.1 Å². The number of hydrogen-bond donors (Lipinski definition) is 20. The Morgan fingerprint density at radius 3 is 1.86 bits per heavy atom. The van der Waals surface area contributed by atoms with Gasteiger partial charge in [0.2, 0.25) is 65.2 Å². The third-order valence-electron chi connectivity index (χ3n) is 22.1. The number of ether oxygens (including phenoxy) is 5. The number of halogens is 2. The second-order valence-corrected chi connectivity index (χ2v) is 31.6. The molecule has 11 amide bonds. The van der Waals surface area contributed by atoms with Crippen LogP contribution >= 0.6 is 23.2 Å². The molecule has 0 spiro atoms. The Hall–Kier alpha value is -11.1. The first kappa shape index (κ1) is 83.8. The Labute approximate surface area is 678 Å². The van der Waals surface area contributed by atoms with Gasteiger partial charge in [-0.25, -0.2) is 4.79 Å². The predicted octanol–water partition coefficient (Wildman–Crippen LogP) is 3.07. The number of phenolic OH excluding ortho intramolecular Hbond substituents is 3. The summed E-state index contributed by atoms with van der Waals surface area (Å²) in [6.45, 7) is 4.76. The molecule has 6 aliphatic heterocycles. The molecule has 37 heteroatoms. The van der Waals surface area contributed by atoms with E-state index in [0.717, 1.165) is 86.7 Å². The van der Waals surface area contributed by atoms with Crippen molar-refractivity contribution < 1.29 is 112 Å². The van der Waals surface area contributed by atoms with Crippen molar-refractivity contribution in [2.24, 2.45) is 35.3 Å². The Morgan fingerprint density at radius 2 is 1.25 bits per heavy atom. The molecule has 4 saturated carbocycles. The highest BCUT2D eigenvalue weighted by atomic mass is 35.5. The van der Waals surface area contributed by atoms with Crippen LogP contribution in [0, 0.1) is 29.6 Å². The molecule has 4 aliphatic carbocycles. The van der Waals surface area contributed by atoms with Crippen LogP contribution in [0.2, 0.25) is 10.0 Å². The first-order chi connectivity index (χ1) is 55.8. The smallest absolute Gasteiger partial charge is 0.325 e. The highest BCUT2D eigenvalue weighted by Crippen LogP contribution is 2.55. The van der Waals surface area contributed by atoms with E-state index in [2.05, 4.69) is 58.5 Å². The van der Waals surface area contributed by atoms with Crippen LogP contribution in [0.25, 0.3) is 11.1 Å². The zero-order valence-corrected chi connectivity index (χ0v) is 65.0. The first-order valence-electron chi connectivity index (χ1n) is 38.1. The average molecular weight is 1660 g/mol. The summed E-state index contributed by atoms with van der Waals surface area (Å²) in [6, 6.07) is 4.41. The van der Waals surface area contributed by atoms with E-state index in [0.29, 0.717) is 17.6 Å². The lowest BCUT2D eigenvalue weighted by molar-refractivity contribution is -0.270. The van der Waals surface area contributed by atoms with Crippen molar-refractivity contribution in [3.63, 3.8) is 0 Å². The molecule has 117 heavy (non-hydrogen) atoms. The van der Waals surface area contributed by atoms with Gasteiger partial charge in [0, 0.05) is 42.4 Å². The number of likely N-dealkylation sites (N-methyl/N-ethyl adjacent to an activating group) is 1. The fourth-order valence-electron chi connectivity index (χ4n) is 16.5. The van der Waals surface area contributed by atoms with Crippen molar-refractivity contribution >= 4 is 88.1 Å². The normalized spacial score (nSPS) is 27.5. The number of benzene rings is 6. The monoisotopic (exact) mass is 1660 g/mol. The molecule has 0 radical (unpaired) electrons. The molecule has 16 rings (SSSR count). The number of fused-ring (bicyclic) bond motifs is 15. The molecular formula is C80H90Cl2N12O23. The lowest BCUT2D eigenvalue weighted by atomic mass is 9.54. The number of nitrogens with two attached hydrogens (primary N) is 1. The number of carbonyl (C=O) groups excluding carboxylic acids is 10. The van der Waals surface area contributed by atoms with Gasteiger partial charge in [0.05, 0.1) is 29.1 Å². The molecule has 6 aromatic rings. The maximum Gasteiger partial charge on any atom is 0.325 e. The number of hydrogen-bond acceptors (Lipinski definition) is 25. The molecule has 5 fully saturated rings. The highest BCUT2D eigenvalue weighted by Gasteiger charge is 2.51. The van der Waals surface area contributed by atoms with Gasteiger partial charge in [-0.2, -0.15) is 0 Å². The van der Waals surface area contributed by atoms with E-state index >= 15 is 28.8 Å². The van der Waals surface area contributed by atoms with Crippen molar-refractivity contribution in [3.05, 3.63) is 141 Å². The van der Waals surface area contributed by atoms with Gasteiger partial charge < -0.3 is 123 Å². The highest BCUT2D eigenvalue weighted by molar-refractivity contribution is 6.32. The van der Waals surface area contributed by atoms with Gasteiger partial charge in [0.25, 0.3) is 0 Å². The number of phenols is 3. The van der Waals surface area contributed by atoms with E-state index in [4.69, 9.17) is 52.6 Å². The maximum absolute atomic E-state index is 16.4.